The van der Waals surface area contributed by atoms with Crippen molar-refractivity contribution in [3.8, 4) is 16.9 Å². The van der Waals surface area contributed by atoms with Gasteiger partial charge in [0.15, 0.2) is 0 Å². The summed E-state index contributed by atoms with van der Waals surface area (Å²) >= 11 is 0. The van der Waals surface area contributed by atoms with Gasteiger partial charge in [-0.05, 0) is 35.7 Å². The van der Waals surface area contributed by atoms with Gasteiger partial charge in [0.05, 0.1) is 11.4 Å². The molecular formula is C25H21N3O. The van der Waals surface area contributed by atoms with Gasteiger partial charge in [-0.2, -0.15) is 5.10 Å². The predicted octanol–water partition coefficient (Wildman–Crippen LogP) is 4.74. The van der Waals surface area contributed by atoms with Crippen molar-refractivity contribution in [2.75, 3.05) is 6.54 Å². The van der Waals surface area contributed by atoms with Gasteiger partial charge in [0.1, 0.15) is 5.69 Å². The smallest absolute Gasteiger partial charge is 0.272 e. The summed E-state index contributed by atoms with van der Waals surface area (Å²) in [5.41, 5.74) is 5.83. The molecule has 4 nitrogen and oxygen atoms in total. The molecule has 0 radical (unpaired) electrons. The fourth-order valence-corrected chi connectivity index (χ4v) is 3.88. The number of carbonyl (C=O) groups is 1. The van der Waals surface area contributed by atoms with E-state index in [1.54, 1.807) is 4.68 Å². The molecule has 1 aliphatic heterocycles. The van der Waals surface area contributed by atoms with Crippen LogP contribution in [-0.2, 0) is 13.0 Å². The van der Waals surface area contributed by atoms with Crippen molar-refractivity contribution in [1.29, 1.82) is 0 Å². The van der Waals surface area contributed by atoms with E-state index in [0.717, 1.165) is 29.9 Å². The van der Waals surface area contributed by atoms with Crippen LogP contribution in [0, 0.1) is 0 Å². The van der Waals surface area contributed by atoms with E-state index in [1.165, 1.54) is 11.1 Å². The van der Waals surface area contributed by atoms with Gasteiger partial charge in [-0.25, -0.2) is 4.68 Å². The van der Waals surface area contributed by atoms with E-state index in [-0.39, 0.29) is 5.91 Å². The first-order valence-electron chi connectivity index (χ1n) is 9.86. The Morgan fingerprint density at radius 1 is 0.793 bits per heavy atom. The van der Waals surface area contributed by atoms with E-state index in [0.29, 0.717) is 12.2 Å². The number of carbonyl (C=O) groups excluding carboxylic acids is 1. The quantitative estimate of drug-likeness (QED) is 0.516. The van der Waals surface area contributed by atoms with Gasteiger partial charge in [-0.15, -0.1) is 0 Å². The van der Waals surface area contributed by atoms with Crippen LogP contribution in [0.25, 0.3) is 16.9 Å². The molecule has 2 heterocycles. The number of rotatable bonds is 3. The van der Waals surface area contributed by atoms with Crippen molar-refractivity contribution in [1.82, 2.24) is 14.7 Å². The van der Waals surface area contributed by atoms with Crippen LogP contribution in [0.2, 0.25) is 0 Å². The van der Waals surface area contributed by atoms with Crippen LogP contribution >= 0.6 is 0 Å². The zero-order valence-corrected chi connectivity index (χ0v) is 16.0. The molecule has 5 rings (SSSR count). The zero-order valence-electron chi connectivity index (χ0n) is 16.0. The normalized spacial score (nSPS) is 13.2. The lowest BCUT2D eigenvalue weighted by molar-refractivity contribution is 0.0725. The summed E-state index contributed by atoms with van der Waals surface area (Å²) < 4.78 is 1.77. The molecule has 0 fully saturated rings. The third-order valence-electron chi connectivity index (χ3n) is 5.42. The number of para-hydroxylation sites is 1. The molecular weight excluding hydrogens is 358 g/mol. The number of amides is 1. The zero-order chi connectivity index (χ0) is 19.6. The summed E-state index contributed by atoms with van der Waals surface area (Å²) in [7, 11) is 0. The Labute approximate surface area is 170 Å². The van der Waals surface area contributed by atoms with Gasteiger partial charge in [-0.1, -0.05) is 72.8 Å². The first kappa shape index (κ1) is 17.4. The molecule has 0 atom stereocenters. The lowest BCUT2D eigenvalue weighted by atomic mass is 9.99. The number of hydrogen-bond acceptors (Lipinski definition) is 2. The van der Waals surface area contributed by atoms with E-state index in [4.69, 9.17) is 5.10 Å². The summed E-state index contributed by atoms with van der Waals surface area (Å²) in [6, 6.07) is 30.1. The maximum absolute atomic E-state index is 13.5. The van der Waals surface area contributed by atoms with Crippen LogP contribution in [0.15, 0.2) is 91.0 Å². The van der Waals surface area contributed by atoms with Crippen LogP contribution in [0.5, 0.6) is 0 Å². The minimum absolute atomic E-state index is 0.0121. The van der Waals surface area contributed by atoms with Crippen LogP contribution in [0.3, 0.4) is 0 Å². The van der Waals surface area contributed by atoms with Gasteiger partial charge in [0, 0.05) is 18.7 Å². The van der Waals surface area contributed by atoms with Gasteiger partial charge in [0.2, 0.25) is 0 Å². The van der Waals surface area contributed by atoms with Gasteiger partial charge < -0.3 is 4.90 Å². The van der Waals surface area contributed by atoms with E-state index >= 15 is 0 Å². The molecule has 0 saturated carbocycles. The van der Waals surface area contributed by atoms with E-state index < -0.39 is 0 Å². The van der Waals surface area contributed by atoms with Gasteiger partial charge in [-0.3, -0.25) is 4.79 Å². The standard InChI is InChI=1S/C25H21N3O/c29-25(27-16-15-19-9-7-8-12-21(19)18-27)24-17-23(20-10-3-1-4-11-20)26-28(24)22-13-5-2-6-14-22/h1-14,17H,15-16,18H2. The third kappa shape index (κ3) is 3.34. The highest BCUT2D eigenvalue weighted by Gasteiger charge is 2.25. The van der Waals surface area contributed by atoms with Crippen molar-refractivity contribution in [2.45, 2.75) is 13.0 Å². The summed E-state index contributed by atoms with van der Waals surface area (Å²) in [6.07, 6.45) is 0.882. The Morgan fingerprint density at radius 3 is 2.21 bits per heavy atom. The Kier molecular flexibility index (Phi) is 4.45. The molecule has 0 bridgehead atoms. The van der Waals surface area contributed by atoms with Crippen molar-refractivity contribution in [3.05, 3.63) is 108 Å². The number of benzene rings is 3. The average molecular weight is 379 g/mol. The number of fused-ring (bicyclic) bond motifs is 1. The summed E-state index contributed by atoms with van der Waals surface area (Å²) in [4.78, 5) is 15.4. The molecule has 142 valence electrons. The molecule has 0 N–H and O–H groups in total. The maximum Gasteiger partial charge on any atom is 0.272 e. The molecule has 0 spiro atoms. The first-order valence-corrected chi connectivity index (χ1v) is 9.86. The van der Waals surface area contributed by atoms with Crippen molar-refractivity contribution in [3.63, 3.8) is 0 Å². The fourth-order valence-electron chi connectivity index (χ4n) is 3.88. The molecule has 3 aromatic carbocycles. The molecule has 0 unspecified atom stereocenters. The average Bonchev–Trinajstić information content (AvgIpc) is 3.25. The number of hydrogen-bond donors (Lipinski definition) is 0. The van der Waals surface area contributed by atoms with Crippen LogP contribution < -0.4 is 0 Å². The Bertz CT molecular complexity index is 1150. The minimum atomic E-state index is 0.0121. The van der Waals surface area contributed by atoms with E-state index in [9.17, 15) is 4.79 Å². The summed E-state index contributed by atoms with van der Waals surface area (Å²) in [5.74, 6) is 0.0121. The third-order valence-corrected chi connectivity index (χ3v) is 5.42. The molecule has 0 aliphatic carbocycles. The lowest BCUT2D eigenvalue weighted by Gasteiger charge is -2.29. The van der Waals surface area contributed by atoms with Crippen molar-refractivity contribution >= 4 is 5.91 Å². The van der Waals surface area contributed by atoms with Crippen LogP contribution in [-0.4, -0.2) is 27.1 Å². The highest BCUT2D eigenvalue weighted by atomic mass is 16.2. The second-order valence-electron chi connectivity index (χ2n) is 7.27. The summed E-state index contributed by atoms with van der Waals surface area (Å²) in [6.45, 7) is 1.35. The Hall–Kier alpha value is -3.66. The number of nitrogens with zero attached hydrogens (tertiary/aromatic N) is 3. The SMILES string of the molecule is O=C(c1cc(-c2ccccc2)nn1-c1ccccc1)N1CCc2ccccc2C1. The topological polar surface area (TPSA) is 38.1 Å². The molecule has 4 heteroatoms. The highest BCUT2D eigenvalue weighted by molar-refractivity contribution is 5.94. The largest absolute Gasteiger partial charge is 0.333 e. The fraction of sp³-hybridized carbons (Fsp3) is 0.120. The molecule has 1 amide bonds. The van der Waals surface area contributed by atoms with E-state index in [2.05, 4.69) is 18.2 Å². The monoisotopic (exact) mass is 379 g/mol. The van der Waals surface area contributed by atoms with Crippen molar-refractivity contribution < 1.29 is 4.79 Å². The lowest BCUT2D eigenvalue weighted by Crippen LogP contribution is -2.36. The minimum Gasteiger partial charge on any atom is -0.333 e. The predicted molar refractivity (Wildman–Crippen MR) is 114 cm³/mol. The molecule has 29 heavy (non-hydrogen) atoms. The highest BCUT2D eigenvalue weighted by Crippen LogP contribution is 2.25. The molecule has 0 saturated heterocycles. The Balaban J connectivity index is 1.55. The summed E-state index contributed by atoms with van der Waals surface area (Å²) in [5, 5.41) is 4.78. The molecule has 1 aliphatic rings. The van der Waals surface area contributed by atoms with Gasteiger partial charge in [0.25, 0.3) is 5.91 Å². The van der Waals surface area contributed by atoms with Crippen LogP contribution in [0.4, 0.5) is 0 Å². The van der Waals surface area contributed by atoms with Gasteiger partial charge >= 0.3 is 0 Å². The van der Waals surface area contributed by atoms with Crippen LogP contribution in [0.1, 0.15) is 21.6 Å². The Morgan fingerprint density at radius 2 is 1.45 bits per heavy atom. The second kappa shape index (κ2) is 7.40. The number of aromatic nitrogens is 2. The van der Waals surface area contributed by atoms with E-state index in [1.807, 2.05) is 77.7 Å². The first-order chi connectivity index (χ1) is 14.3. The molecule has 4 aromatic rings. The molecule has 1 aromatic heterocycles. The second-order valence-corrected chi connectivity index (χ2v) is 7.27. The maximum atomic E-state index is 13.5. The van der Waals surface area contributed by atoms with Crippen molar-refractivity contribution in [2.24, 2.45) is 0 Å².